The lowest BCUT2D eigenvalue weighted by Crippen LogP contribution is -2.33. The molecule has 10 heteroatoms. The van der Waals surface area contributed by atoms with Gasteiger partial charge in [-0.3, -0.25) is 14.3 Å². The van der Waals surface area contributed by atoms with Crippen molar-refractivity contribution in [2.24, 2.45) is 0 Å². The third-order valence-electron chi connectivity index (χ3n) is 3.44. The van der Waals surface area contributed by atoms with Gasteiger partial charge >= 0.3 is 11.8 Å². The highest BCUT2D eigenvalue weighted by atomic mass is 79.9. The summed E-state index contributed by atoms with van der Waals surface area (Å²) in [5, 5.41) is 10.0. The minimum Gasteiger partial charge on any atom is -0.431 e. The first kappa shape index (κ1) is 19.2. The monoisotopic (exact) mass is 416 g/mol. The number of hydrogen-bond donors (Lipinski definition) is 2. The normalized spacial score (nSPS) is 22.9. The van der Waals surface area contributed by atoms with Gasteiger partial charge in [-0.1, -0.05) is 28.6 Å². The van der Waals surface area contributed by atoms with E-state index in [1.807, 2.05) is 0 Å². The van der Waals surface area contributed by atoms with E-state index in [4.69, 9.17) is 9.47 Å². The molecule has 0 saturated carbocycles. The van der Waals surface area contributed by atoms with Crippen molar-refractivity contribution in [1.82, 2.24) is 9.55 Å². The van der Waals surface area contributed by atoms with E-state index in [1.54, 1.807) is 0 Å². The lowest BCUT2D eigenvalue weighted by molar-refractivity contribution is -0.0578. The Morgan fingerprint density at radius 3 is 2.96 bits per heavy atom. The Balaban J connectivity index is 2.07. The molecule has 0 radical (unpaired) electrons. The van der Waals surface area contributed by atoms with Crippen molar-refractivity contribution in [3.05, 3.63) is 50.2 Å². The number of carbonyl (C=O) groups excluding carboxylic acids is 1. The van der Waals surface area contributed by atoms with E-state index in [2.05, 4.69) is 32.2 Å². The number of aromatic nitrogens is 2. The number of aromatic amines is 1. The van der Waals surface area contributed by atoms with Crippen LogP contribution in [0.25, 0.3) is 6.08 Å². The Morgan fingerprint density at radius 2 is 2.28 bits per heavy atom. The number of nitrogens with zero attached hydrogens (tertiary/aromatic N) is 1. The van der Waals surface area contributed by atoms with Crippen molar-refractivity contribution in [2.45, 2.75) is 24.9 Å². The summed E-state index contributed by atoms with van der Waals surface area (Å²) in [5.74, 6) is 0. The molecule has 2 rings (SSSR count). The van der Waals surface area contributed by atoms with Crippen LogP contribution >= 0.6 is 15.9 Å². The lowest BCUT2D eigenvalue weighted by atomic mass is 10.2. The molecule has 3 atom stereocenters. The summed E-state index contributed by atoms with van der Waals surface area (Å²) < 4.78 is 16.2. The number of carbonyl (C=O) groups is 1. The fourth-order valence-electron chi connectivity index (χ4n) is 2.26. The van der Waals surface area contributed by atoms with Gasteiger partial charge in [-0.2, -0.15) is 0 Å². The summed E-state index contributed by atoms with van der Waals surface area (Å²) in [6, 6.07) is 0. The maximum Gasteiger partial charge on any atom is 0.508 e. The molecule has 0 amide bonds. The van der Waals surface area contributed by atoms with Gasteiger partial charge in [0.2, 0.25) is 0 Å². The van der Waals surface area contributed by atoms with Gasteiger partial charge in [0.15, 0.2) is 0 Å². The van der Waals surface area contributed by atoms with Crippen LogP contribution < -0.4 is 11.2 Å². The molecule has 25 heavy (non-hydrogen) atoms. The first-order valence-electron chi connectivity index (χ1n) is 7.32. The molecule has 2 N–H and O–H groups in total. The van der Waals surface area contributed by atoms with Gasteiger partial charge in [0, 0.05) is 12.6 Å². The van der Waals surface area contributed by atoms with Crippen molar-refractivity contribution in [3.8, 4) is 0 Å². The zero-order valence-electron chi connectivity index (χ0n) is 13.1. The maximum absolute atomic E-state index is 12.0. The second-order valence-electron chi connectivity index (χ2n) is 5.14. The van der Waals surface area contributed by atoms with Crippen molar-refractivity contribution >= 4 is 28.2 Å². The summed E-state index contributed by atoms with van der Waals surface area (Å²) in [6.07, 6.45) is 0.791. The topological polar surface area (TPSA) is 120 Å². The van der Waals surface area contributed by atoms with Crippen molar-refractivity contribution in [2.75, 3.05) is 13.2 Å². The van der Waals surface area contributed by atoms with Crippen LogP contribution in [0, 0.1) is 0 Å². The van der Waals surface area contributed by atoms with Gasteiger partial charge in [0.1, 0.15) is 25.5 Å². The maximum atomic E-state index is 12.0. The number of nitrogens with one attached hydrogen (secondary N) is 1. The molecule has 0 aliphatic carbocycles. The molecule has 2 heterocycles. The summed E-state index contributed by atoms with van der Waals surface area (Å²) in [5.41, 5.74) is -0.969. The van der Waals surface area contributed by atoms with E-state index in [-0.39, 0.29) is 25.2 Å². The Hall–Kier alpha value is -2.17. The SMILES string of the molecule is C=CCOC(=O)OC[C@H]1O[C@@H](n2cc(C=CBr)c(=O)[nH]c2=O)C[C@@H]1O. The smallest absolute Gasteiger partial charge is 0.431 e. The van der Waals surface area contributed by atoms with E-state index in [1.165, 1.54) is 27.9 Å². The molecule has 0 bridgehead atoms. The van der Waals surface area contributed by atoms with Crippen LogP contribution in [0.2, 0.25) is 0 Å². The van der Waals surface area contributed by atoms with Crippen molar-refractivity contribution < 1.29 is 24.1 Å². The van der Waals surface area contributed by atoms with Crippen LogP contribution in [0.3, 0.4) is 0 Å². The minimum absolute atomic E-state index is 0.00613. The average molecular weight is 417 g/mol. The average Bonchev–Trinajstić information content (AvgIpc) is 2.94. The summed E-state index contributed by atoms with van der Waals surface area (Å²) >= 11 is 3.06. The van der Waals surface area contributed by atoms with Gasteiger partial charge in [-0.15, -0.1) is 0 Å². The molecular formula is C15H17BrN2O7. The molecule has 0 aromatic carbocycles. The number of ether oxygens (including phenoxy) is 3. The highest BCUT2D eigenvalue weighted by molar-refractivity contribution is 9.11. The predicted octanol–water partition coefficient (Wildman–Crippen LogP) is 0.890. The van der Waals surface area contributed by atoms with Crippen LogP contribution in [0.1, 0.15) is 18.2 Å². The number of hydrogen-bond acceptors (Lipinski definition) is 7. The molecule has 0 unspecified atom stereocenters. The molecule has 1 aliphatic heterocycles. The largest absolute Gasteiger partial charge is 0.508 e. The van der Waals surface area contributed by atoms with Crippen LogP contribution in [-0.2, 0) is 14.2 Å². The van der Waals surface area contributed by atoms with E-state index in [0.717, 1.165) is 0 Å². The Labute approximate surface area is 150 Å². The Bertz CT molecular complexity index is 770. The first-order valence-corrected chi connectivity index (χ1v) is 8.24. The number of aliphatic hydroxyl groups excluding tert-OH is 1. The molecule has 1 aromatic heterocycles. The number of aliphatic hydroxyl groups is 1. The predicted molar refractivity (Wildman–Crippen MR) is 91.3 cm³/mol. The zero-order valence-corrected chi connectivity index (χ0v) is 14.7. The van der Waals surface area contributed by atoms with Crippen LogP contribution in [-0.4, -0.2) is 46.2 Å². The molecule has 136 valence electrons. The molecule has 0 spiro atoms. The summed E-state index contributed by atoms with van der Waals surface area (Å²) in [6.45, 7) is 3.17. The van der Waals surface area contributed by atoms with E-state index in [9.17, 15) is 19.5 Å². The molecule has 1 aliphatic rings. The Morgan fingerprint density at radius 1 is 1.52 bits per heavy atom. The van der Waals surface area contributed by atoms with E-state index < -0.39 is 35.8 Å². The zero-order chi connectivity index (χ0) is 18.4. The first-order chi connectivity index (χ1) is 12.0. The van der Waals surface area contributed by atoms with Gasteiger partial charge in [0.05, 0.1) is 11.7 Å². The van der Waals surface area contributed by atoms with Crippen molar-refractivity contribution in [1.29, 1.82) is 0 Å². The van der Waals surface area contributed by atoms with Crippen LogP contribution in [0.15, 0.2) is 33.4 Å². The second kappa shape index (κ2) is 8.79. The van der Waals surface area contributed by atoms with Crippen molar-refractivity contribution in [3.63, 3.8) is 0 Å². The molecule has 1 saturated heterocycles. The van der Waals surface area contributed by atoms with E-state index >= 15 is 0 Å². The van der Waals surface area contributed by atoms with Crippen LogP contribution in [0.4, 0.5) is 4.79 Å². The second-order valence-corrected chi connectivity index (χ2v) is 5.67. The Kier molecular flexibility index (Phi) is 6.73. The minimum atomic E-state index is -0.953. The molecule has 1 aromatic rings. The van der Waals surface area contributed by atoms with Gasteiger partial charge in [-0.25, -0.2) is 9.59 Å². The third kappa shape index (κ3) is 4.91. The molecule has 9 nitrogen and oxygen atoms in total. The fraction of sp³-hybridized carbons (Fsp3) is 0.400. The summed E-state index contributed by atoms with van der Waals surface area (Å²) in [7, 11) is 0. The number of halogens is 1. The quantitative estimate of drug-likeness (QED) is 0.521. The van der Waals surface area contributed by atoms with Gasteiger partial charge in [0.25, 0.3) is 5.56 Å². The van der Waals surface area contributed by atoms with Gasteiger partial charge in [-0.05, 0) is 11.1 Å². The van der Waals surface area contributed by atoms with Crippen LogP contribution in [0.5, 0.6) is 0 Å². The third-order valence-corrected chi connectivity index (χ3v) is 3.70. The number of rotatable bonds is 6. The van der Waals surface area contributed by atoms with Gasteiger partial charge < -0.3 is 19.3 Å². The lowest BCUT2D eigenvalue weighted by Gasteiger charge is -2.16. The summed E-state index contributed by atoms with van der Waals surface area (Å²) in [4.78, 5) is 38.6. The fourth-order valence-corrected chi connectivity index (χ4v) is 2.54. The standard InChI is InChI=1S/C15H17BrN2O7/c1-2-5-23-15(22)24-8-11-10(19)6-12(25-11)18-7-9(3-4-16)13(20)17-14(18)21/h2-4,7,10-12,19H,1,5-6,8H2,(H,17,20,21)/t10-,11+,12+/m0/s1. The molecular weight excluding hydrogens is 400 g/mol. The highest BCUT2D eigenvalue weighted by Crippen LogP contribution is 2.28. The number of H-pyrrole nitrogens is 1. The molecule has 1 fully saturated rings. The van der Waals surface area contributed by atoms with E-state index in [0.29, 0.717) is 0 Å². The highest BCUT2D eigenvalue weighted by Gasteiger charge is 2.36.